The molecule has 33 heavy (non-hydrogen) atoms. The average molecular weight is 451 g/mol. The molecule has 7 nitrogen and oxygen atoms in total. The molecule has 1 fully saturated rings. The number of rotatable bonds is 5. The van der Waals surface area contributed by atoms with Crippen LogP contribution < -0.4 is 5.32 Å². The van der Waals surface area contributed by atoms with Gasteiger partial charge in [0, 0.05) is 43.6 Å². The molecule has 0 atom stereocenters. The average Bonchev–Trinajstić information content (AvgIpc) is 3.41. The van der Waals surface area contributed by atoms with E-state index in [1.54, 1.807) is 42.2 Å². The third-order valence-electron chi connectivity index (χ3n) is 5.91. The van der Waals surface area contributed by atoms with Crippen molar-refractivity contribution in [2.45, 2.75) is 25.4 Å². The number of amides is 1. The van der Waals surface area contributed by atoms with Crippen molar-refractivity contribution in [2.24, 2.45) is 7.05 Å². The molecule has 1 aliphatic rings. The molecule has 1 saturated heterocycles. The van der Waals surface area contributed by atoms with Gasteiger partial charge in [-0.1, -0.05) is 18.2 Å². The van der Waals surface area contributed by atoms with Gasteiger partial charge in [-0.2, -0.15) is 10.2 Å². The van der Waals surface area contributed by atoms with Gasteiger partial charge in [-0.25, -0.2) is 8.78 Å². The molecule has 0 spiro atoms. The fourth-order valence-corrected chi connectivity index (χ4v) is 4.15. The molecule has 3 heterocycles. The third kappa shape index (κ3) is 4.23. The molecule has 1 amide bonds. The van der Waals surface area contributed by atoms with Crippen LogP contribution in [0.4, 0.5) is 8.78 Å². The number of aromatic nitrogens is 4. The minimum absolute atomic E-state index is 0.00183. The number of aryl methyl sites for hydroxylation is 1. The Kier molecular flexibility index (Phi) is 5.63. The molecule has 170 valence electrons. The zero-order valence-electron chi connectivity index (χ0n) is 18.1. The van der Waals surface area contributed by atoms with E-state index in [9.17, 15) is 13.6 Å². The minimum Gasteiger partial charge on any atom is -0.381 e. The van der Waals surface area contributed by atoms with Crippen LogP contribution in [0.3, 0.4) is 0 Å². The fraction of sp³-hybridized carbons (Fsp3) is 0.292. The van der Waals surface area contributed by atoms with Gasteiger partial charge >= 0.3 is 0 Å². The van der Waals surface area contributed by atoms with Crippen molar-refractivity contribution < 1.29 is 18.3 Å². The van der Waals surface area contributed by atoms with Crippen LogP contribution in [-0.2, 0) is 18.3 Å². The summed E-state index contributed by atoms with van der Waals surface area (Å²) in [5.41, 5.74) is 2.33. The summed E-state index contributed by atoms with van der Waals surface area (Å²) < 4.78 is 38.1. The quantitative estimate of drug-likeness (QED) is 0.503. The molecular formula is C24H23F2N5O2. The van der Waals surface area contributed by atoms with E-state index in [2.05, 4.69) is 15.5 Å². The van der Waals surface area contributed by atoms with E-state index in [-0.39, 0.29) is 23.7 Å². The van der Waals surface area contributed by atoms with Gasteiger partial charge in [-0.15, -0.1) is 0 Å². The number of nitrogens with one attached hydrogen (secondary N) is 1. The number of nitrogens with zero attached hydrogens (tertiary/aromatic N) is 4. The van der Waals surface area contributed by atoms with Crippen molar-refractivity contribution in [2.75, 3.05) is 13.2 Å². The normalized spacial score (nSPS) is 14.6. The van der Waals surface area contributed by atoms with E-state index in [4.69, 9.17) is 4.74 Å². The first-order valence-corrected chi connectivity index (χ1v) is 10.8. The highest BCUT2D eigenvalue weighted by Crippen LogP contribution is 2.26. The highest BCUT2D eigenvalue weighted by atomic mass is 19.1. The number of hydrogen-bond donors (Lipinski definition) is 1. The molecule has 0 radical (unpaired) electrons. The lowest BCUT2D eigenvalue weighted by atomic mass is 10.1. The Morgan fingerprint density at radius 1 is 1.15 bits per heavy atom. The molecule has 5 rings (SSSR count). The van der Waals surface area contributed by atoms with Crippen molar-refractivity contribution in [3.63, 3.8) is 0 Å². The standard InChI is InChI=1S/C24H23F2N5O2/c1-30-13-17(12-27-30)15-5-6-16(20(26)11-15)14-31-21-4-2-3-19(25)22(21)23(29-31)24(32)28-18-7-9-33-10-8-18/h2-6,11-13,18H,7-10,14H2,1H3,(H,28,32). The SMILES string of the molecule is Cn1cc(-c2ccc(Cn3nc(C(=O)NC4CCOCC4)c4c(F)cccc43)c(F)c2)cn1. The number of fused-ring (bicyclic) bond motifs is 1. The summed E-state index contributed by atoms with van der Waals surface area (Å²) in [6.45, 7) is 1.20. The highest BCUT2D eigenvalue weighted by molar-refractivity contribution is 6.05. The Balaban J connectivity index is 1.46. The second kappa shape index (κ2) is 8.74. The Labute approximate surface area is 189 Å². The van der Waals surface area contributed by atoms with E-state index in [0.717, 1.165) is 5.56 Å². The largest absolute Gasteiger partial charge is 0.381 e. The maximum absolute atomic E-state index is 14.9. The van der Waals surface area contributed by atoms with Crippen molar-refractivity contribution in [3.05, 3.63) is 71.7 Å². The van der Waals surface area contributed by atoms with Gasteiger partial charge in [0.1, 0.15) is 11.6 Å². The Hall–Kier alpha value is -3.59. The number of carbonyl (C=O) groups excluding carboxylic acids is 1. The summed E-state index contributed by atoms with van der Waals surface area (Å²) >= 11 is 0. The first kappa shape index (κ1) is 21.3. The molecule has 0 unspecified atom stereocenters. The minimum atomic E-state index is -0.539. The topological polar surface area (TPSA) is 74.0 Å². The molecular weight excluding hydrogens is 428 g/mol. The van der Waals surface area contributed by atoms with E-state index < -0.39 is 17.5 Å². The van der Waals surface area contributed by atoms with Gasteiger partial charge < -0.3 is 10.1 Å². The van der Waals surface area contributed by atoms with Gasteiger partial charge in [0.2, 0.25) is 0 Å². The number of hydrogen-bond acceptors (Lipinski definition) is 4. The molecule has 0 aliphatic carbocycles. The predicted octanol–water partition coefficient (Wildman–Crippen LogP) is 3.67. The Morgan fingerprint density at radius 2 is 1.97 bits per heavy atom. The van der Waals surface area contributed by atoms with Gasteiger partial charge in [0.15, 0.2) is 5.69 Å². The summed E-state index contributed by atoms with van der Waals surface area (Å²) in [6.07, 6.45) is 4.87. The lowest BCUT2D eigenvalue weighted by Crippen LogP contribution is -2.39. The summed E-state index contributed by atoms with van der Waals surface area (Å²) in [5.74, 6) is -1.39. The maximum Gasteiger partial charge on any atom is 0.272 e. The number of halogens is 2. The van der Waals surface area contributed by atoms with E-state index >= 15 is 0 Å². The van der Waals surface area contributed by atoms with Gasteiger partial charge in [-0.05, 0) is 36.6 Å². The first-order chi connectivity index (χ1) is 16.0. The van der Waals surface area contributed by atoms with Gasteiger partial charge in [-0.3, -0.25) is 14.2 Å². The summed E-state index contributed by atoms with van der Waals surface area (Å²) in [4.78, 5) is 12.9. The van der Waals surface area contributed by atoms with Crippen LogP contribution in [0.15, 0.2) is 48.8 Å². The van der Waals surface area contributed by atoms with Crippen molar-refractivity contribution in [1.82, 2.24) is 24.9 Å². The van der Waals surface area contributed by atoms with Gasteiger partial charge in [0.05, 0.1) is 23.6 Å². The van der Waals surface area contributed by atoms with E-state index in [0.29, 0.717) is 42.7 Å². The Bertz CT molecular complexity index is 1320. The van der Waals surface area contributed by atoms with E-state index in [1.807, 2.05) is 6.20 Å². The zero-order chi connectivity index (χ0) is 22.9. The molecule has 4 aromatic rings. The van der Waals surface area contributed by atoms with Crippen LogP contribution in [0, 0.1) is 11.6 Å². The lowest BCUT2D eigenvalue weighted by molar-refractivity contribution is 0.0694. The predicted molar refractivity (Wildman–Crippen MR) is 119 cm³/mol. The molecule has 9 heteroatoms. The third-order valence-corrected chi connectivity index (χ3v) is 5.91. The second-order valence-electron chi connectivity index (χ2n) is 8.21. The van der Waals surface area contributed by atoms with Crippen LogP contribution in [0.1, 0.15) is 28.9 Å². The number of carbonyl (C=O) groups is 1. The van der Waals surface area contributed by atoms with Crippen LogP contribution >= 0.6 is 0 Å². The fourth-order valence-electron chi connectivity index (χ4n) is 4.15. The summed E-state index contributed by atoms with van der Waals surface area (Å²) in [6, 6.07) is 9.40. The summed E-state index contributed by atoms with van der Waals surface area (Å²) in [7, 11) is 1.80. The molecule has 0 bridgehead atoms. The summed E-state index contributed by atoms with van der Waals surface area (Å²) in [5, 5.41) is 11.6. The second-order valence-corrected chi connectivity index (χ2v) is 8.21. The highest BCUT2D eigenvalue weighted by Gasteiger charge is 2.24. The monoisotopic (exact) mass is 451 g/mol. The van der Waals surface area contributed by atoms with Crippen molar-refractivity contribution in [1.29, 1.82) is 0 Å². The lowest BCUT2D eigenvalue weighted by Gasteiger charge is -2.22. The van der Waals surface area contributed by atoms with Crippen molar-refractivity contribution in [3.8, 4) is 11.1 Å². The maximum atomic E-state index is 14.9. The number of benzene rings is 2. The Morgan fingerprint density at radius 3 is 2.70 bits per heavy atom. The van der Waals surface area contributed by atoms with Crippen LogP contribution in [0.5, 0.6) is 0 Å². The molecule has 2 aromatic carbocycles. The zero-order valence-corrected chi connectivity index (χ0v) is 18.1. The molecule has 2 aromatic heterocycles. The van der Waals surface area contributed by atoms with Gasteiger partial charge in [0.25, 0.3) is 5.91 Å². The first-order valence-electron chi connectivity index (χ1n) is 10.8. The van der Waals surface area contributed by atoms with Crippen LogP contribution in [-0.4, -0.2) is 44.7 Å². The van der Waals surface area contributed by atoms with Crippen molar-refractivity contribution >= 4 is 16.8 Å². The van der Waals surface area contributed by atoms with E-state index in [1.165, 1.54) is 16.8 Å². The van der Waals surface area contributed by atoms with Crippen LogP contribution in [0.25, 0.3) is 22.0 Å². The number of ether oxygens (including phenoxy) is 1. The molecule has 1 N–H and O–H groups in total. The molecule has 1 aliphatic heterocycles. The molecule has 0 saturated carbocycles. The van der Waals surface area contributed by atoms with Crippen LogP contribution in [0.2, 0.25) is 0 Å². The smallest absolute Gasteiger partial charge is 0.272 e.